The Morgan fingerprint density at radius 2 is 1.38 bits per heavy atom. The van der Waals surface area contributed by atoms with Crippen LogP contribution in [0.4, 0.5) is 11.4 Å². The summed E-state index contributed by atoms with van der Waals surface area (Å²) >= 11 is 0. The molecule has 0 aliphatic heterocycles. The molecule has 5 nitrogen and oxygen atoms in total. The maximum Gasteiger partial charge on any atom is 0.120 e. The highest BCUT2D eigenvalue weighted by Crippen LogP contribution is 2.26. The Hall–Kier alpha value is -3.60. The van der Waals surface area contributed by atoms with E-state index in [-0.39, 0.29) is 0 Å². The molecule has 0 N–H and O–H groups in total. The molecule has 0 spiro atoms. The van der Waals surface area contributed by atoms with Gasteiger partial charge in [0.15, 0.2) is 0 Å². The van der Waals surface area contributed by atoms with Crippen molar-refractivity contribution in [3.05, 3.63) is 83.9 Å². The van der Waals surface area contributed by atoms with E-state index in [2.05, 4.69) is 10.2 Å². The molecule has 3 aromatic rings. The molecule has 5 heteroatoms. The fourth-order valence-corrected chi connectivity index (χ4v) is 2.63. The van der Waals surface area contributed by atoms with E-state index in [0.717, 1.165) is 39.8 Å². The lowest BCUT2D eigenvalue weighted by Gasteiger charge is -2.06. The second-order valence-electron chi connectivity index (χ2n) is 6.33. The molecule has 0 saturated heterocycles. The number of azo groups is 1. The van der Waals surface area contributed by atoms with Crippen molar-refractivity contribution in [1.82, 2.24) is 0 Å². The summed E-state index contributed by atoms with van der Waals surface area (Å²) in [6, 6.07) is 21.1. The molecule has 0 saturated carbocycles. The molecule has 3 rings (SSSR count). The van der Waals surface area contributed by atoms with Crippen LogP contribution in [0.1, 0.15) is 11.1 Å². The lowest BCUT2D eigenvalue weighted by Crippen LogP contribution is -1.93. The topological polar surface area (TPSA) is 52.4 Å². The Labute approximate surface area is 171 Å². The van der Waals surface area contributed by atoms with Gasteiger partial charge in [-0.05, 0) is 78.7 Å². The van der Waals surface area contributed by atoms with Gasteiger partial charge in [0.25, 0.3) is 0 Å². The van der Waals surface area contributed by atoms with Crippen LogP contribution >= 0.6 is 0 Å². The van der Waals surface area contributed by atoms with Crippen LogP contribution < -0.4 is 14.2 Å². The minimum atomic E-state index is 0.484. The van der Waals surface area contributed by atoms with Crippen LogP contribution in [0.25, 0.3) is 6.08 Å². The zero-order valence-corrected chi connectivity index (χ0v) is 16.8. The van der Waals surface area contributed by atoms with Crippen molar-refractivity contribution in [2.75, 3.05) is 20.8 Å². The van der Waals surface area contributed by atoms with Gasteiger partial charge in [-0.1, -0.05) is 18.2 Å². The average molecular weight is 388 g/mol. The van der Waals surface area contributed by atoms with Crippen LogP contribution in [0.2, 0.25) is 0 Å². The first-order valence-electron chi connectivity index (χ1n) is 9.28. The Balaban J connectivity index is 1.55. The number of ether oxygens (including phenoxy) is 3. The number of methoxy groups -OCH3 is 2. The number of benzene rings is 3. The van der Waals surface area contributed by atoms with Gasteiger partial charge >= 0.3 is 0 Å². The first-order valence-corrected chi connectivity index (χ1v) is 9.28. The van der Waals surface area contributed by atoms with E-state index in [1.54, 1.807) is 14.2 Å². The van der Waals surface area contributed by atoms with E-state index >= 15 is 0 Å². The third-order valence-corrected chi connectivity index (χ3v) is 4.29. The number of hydrogen-bond donors (Lipinski definition) is 0. The normalized spacial score (nSPS) is 11.1. The molecule has 29 heavy (non-hydrogen) atoms. The number of aryl methyl sites for hydroxylation is 1. The third-order valence-electron chi connectivity index (χ3n) is 4.29. The Morgan fingerprint density at radius 3 is 2.00 bits per heavy atom. The summed E-state index contributed by atoms with van der Waals surface area (Å²) in [5.41, 5.74) is 3.68. The predicted octanol–water partition coefficient (Wildman–Crippen LogP) is 6.52. The van der Waals surface area contributed by atoms with Gasteiger partial charge in [0.2, 0.25) is 0 Å². The SMILES string of the molecule is COc1ccc(C=CCOc2ccc(N=Nc3ccc(OC)cc3)c(C)c2)cc1. The van der Waals surface area contributed by atoms with Crippen LogP contribution in [0, 0.1) is 6.92 Å². The molecule has 148 valence electrons. The molecule has 0 fully saturated rings. The summed E-state index contributed by atoms with van der Waals surface area (Å²) in [5, 5.41) is 8.60. The molecule has 0 atom stereocenters. The van der Waals surface area contributed by atoms with Crippen molar-refractivity contribution < 1.29 is 14.2 Å². The summed E-state index contributed by atoms with van der Waals surface area (Å²) in [6.07, 6.45) is 4.00. The van der Waals surface area contributed by atoms with Crippen LogP contribution in [-0.2, 0) is 0 Å². The van der Waals surface area contributed by atoms with Crippen molar-refractivity contribution in [3.63, 3.8) is 0 Å². The molecule has 3 aromatic carbocycles. The number of hydrogen-bond acceptors (Lipinski definition) is 5. The lowest BCUT2D eigenvalue weighted by molar-refractivity contribution is 0.363. The molecular weight excluding hydrogens is 364 g/mol. The number of rotatable bonds is 8. The highest BCUT2D eigenvalue weighted by Gasteiger charge is 2.00. The molecular formula is C24H24N2O3. The van der Waals surface area contributed by atoms with Gasteiger partial charge in [0.05, 0.1) is 25.6 Å². The predicted molar refractivity (Wildman–Crippen MR) is 116 cm³/mol. The highest BCUT2D eigenvalue weighted by atomic mass is 16.5. The largest absolute Gasteiger partial charge is 0.497 e. The molecule has 0 radical (unpaired) electrons. The molecule has 0 bridgehead atoms. The standard InChI is InChI=1S/C24H24N2O3/c1-18-17-23(29-16-4-5-19-6-10-21(27-2)11-7-19)14-15-24(18)26-25-20-8-12-22(28-3)13-9-20/h4-15,17H,16H2,1-3H3. The van der Waals surface area contributed by atoms with Gasteiger partial charge in [-0.15, -0.1) is 0 Å². The van der Waals surface area contributed by atoms with Gasteiger partial charge in [-0.25, -0.2) is 0 Å². The van der Waals surface area contributed by atoms with E-state index in [1.807, 2.05) is 85.8 Å². The van der Waals surface area contributed by atoms with Crippen LogP contribution in [0.5, 0.6) is 17.2 Å². The molecule has 0 heterocycles. The van der Waals surface area contributed by atoms with E-state index in [0.29, 0.717) is 6.61 Å². The van der Waals surface area contributed by atoms with Crippen LogP contribution in [0.3, 0.4) is 0 Å². The van der Waals surface area contributed by atoms with Gasteiger partial charge < -0.3 is 14.2 Å². The third kappa shape index (κ3) is 5.94. The minimum absolute atomic E-state index is 0.484. The van der Waals surface area contributed by atoms with Gasteiger partial charge in [-0.2, -0.15) is 10.2 Å². The van der Waals surface area contributed by atoms with E-state index in [9.17, 15) is 0 Å². The summed E-state index contributed by atoms with van der Waals surface area (Å²) < 4.78 is 16.1. The maximum absolute atomic E-state index is 5.80. The molecule has 0 unspecified atom stereocenters. The Morgan fingerprint density at radius 1 is 0.759 bits per heavy atom. The van der Waals surface area contributed by atoms with Crippen molar-refractivity contribution in [2.24, 2.45) is 10.2 Å². The quantitative estimate of drug-likeness (QED) is 0.413. The monoisotopic (exact) mass is 388 g/mol. The lowest BCUT2D eigenvalue weighted by atomic mass is 10.2. The summed E-state index contributed by atoms with van der Waals surface area (Å²) in [7, 11) is 3.30. The van der Waals surface area contributed by atoms with E-state index in [1.165, 1.54) is 0 Å². The fraction of sp³-hybridized carbons (Fsp3) is 0.167. The molecule has 0 aliphatic carbocycles. The average Bonchev–Trinajstić information content (AvgIpc) is 2.77. The zero-order valence-electron chi connectivity index (χ0n) is 16.8. The highest BCUT2D eigenvalue weighted by molar-refractivity contribution is 5.51. The summed E-state index contributed by atoms with van der Waals surface area (Å²) in [6.45, 7) is 2.47. The summed E-state index contributed by atoms with van der Waals surface area (Å²) in [5.74, 6) is 2.44. The van der Waals surface area contributed by atoms with Crippen LogP contribution in [0.15, 0.2) is 83.0 Å². The van der Waals surface area contributed by atoms with Crippen LogP contribution in [-0.4, -0.2) is 20.8 Å². The van der Waals surface area contributed by atoms with Crippen molar-refractivity contribution in [1.29, 1.82) is 0 Å². The molecule has 0 amide bonds. The second kappa shape index (κ2) is 10.1. The fourth-order valence-electron chi connectivity index (χ4n) is 2.63. The first kappa shape index (κ1) is 20.1. The maximum atomic E-state index is 5.80. The molecule has 0 aliphatic rings. The smallest absolute Gasteiger partial charge is 0.120 e. The number of nitrogens with zero attached hydrogens (tertiary/aromatic N) is 2. The Kier molecular flexibility index (Phi) is 7.00. The van der Waals surface area contributed by atoms with Crippen molar-refractivity contribution >= 4 is 17.5 Å². The van der Waals surface area contributed by atoms with Gasteiger partial charge in [0.1, 0.15) is 23.9 Å². The minimum Gasteiger partial charge on any atom is -0.497 e. The zero-order chi connectivity index (χ0) is 20.5. The first-order chi connectivity index (χ1) is 14.2. The van der Waals surface area contributed by atoms with Gasteiger partial charge in [-0.3, -0.25) is 0 Å². The second-order valence-corrected chi connectivity index (χ2v) is 6.33. The Bertz CT molecular complexity index is 978. The van der Waals surface area contributed by atoms with Crippen molar-refractivity contribution in [2.45, 2.75) is 6.92 Å². The molecule has 0 aromatic heterocycles. The summed E-state index contributed by atoms with van der Waals surface area (Å²) in [4.78, 5) is 0. The van der Waals surface area contributed by atoms with Crippen molar-refractivity contribution in [3.8, 4) is 17.2 Å². The van der Waals surface area contributed by atoms with E-state index in [4.69, 9.17) is 14.2 Å². The van der Waals surface area contributed by atoms with Gasteiger partial charge in [0, 0.05) is 0 Å². The van der Waals surface area contributed by atoms with E-state index < -0.39 is 0 Å².